The fourth-order valence-electron chi connectivity index (χ4n) is 4.15. The van der Waals surface area contributed by atoms with Gasteiger partial charge in [-0.15, -0.1) is 12.4 Å². The first kappa shape index (κ1) is 22.5. The van der Waals surface area contributed by atoms with Crippen molar-refractivity contribution in [2.75, 3.05) is 0 Å². The summed E-state index contributed by atoms with van der Waals surface area (Å²) in [6.45, 7) is 0. The number of hydrogen-bond donors (Lipinski definition) is 3. The molecular weight excluding hydrogens is 380 g/mol. The molecule has 28 heavy (non-hydrogen) atoms. The zero-order valence-corrected chi connectivity index (χ0v) is 17.0. The molecule has 0 heterocycles. The van der Waals surface area contributed by atoms with Crippen LogP contribution in [-0.4, -0.2) is 35.2 Å². The van der Waals surface area contributed by atoms with Gasteiger partial charge in [0.15, 0.2) is 0 Å². The highest BCUT2D eigenvalue weighted by Crippen LogP contribution is 2.28. The highest BCUT2D eigenvalue weighted by Gasteiger charge is 2.26. The van der Waals surface area contributed by atoms with Crippen LogP contribution in [0.15, 0.2) is 24.3 Å². The van der Waals surface area contributed by atoms with Crippen LogP contribution in [0.2, 0.25) is 0 Å². The average Bonchev–Trinajstić information content (AvgIpc) is 3.06. The lowest BCUT2D eigenvalue weighted by Gasteiger charge is -2.28. The van der Waals surface area contributed by atoms with Crippen molar-refractivity contribution in [3.05, 3.63) is 29.8 Å². The highest BCUT2D eigenvalue weighted by atomic mass is 35.5. The molecular formula is C21H31ClN2O4. The van der Waals surface area contributed by atoms with Gasteiger partial charge in [-0.05, 0) is 81.5 Å². The maximum Gasteiger partial charge on any atom is 0.303 e. The molecule has 0 unspecified atom stereocenters. The molecule has 0 radical (unpaired) electrons. The minimum absolute atomic E-state index is 0. The number of ether oxygens (including phenoxy) is 1. The molecule has 0 aliphatic heterocycles. The molecule has 1 aromatic carbocycles. The predicted molar refractivity (Wildman–Crippen MR) is 110 cm³/mol. The summed E-state index contributed by atoms with van der Waals surface area (Å²) in [5.74, 6) is 0.432. The van der Waals surface area contributed by atoms with Gasteiger partial charge in [-0.2, -0.15) is 0 Å². The zero-order valence-electron chi connectivity index (χ0n) is 16.1. The summed E-state index contributed by atoms with van der Waals surface area (Å²) in [6, 6.07) is 7.53. The Balaban J connectivity index is 0.00000280. The first-order valence-corrected chi connectivity index (χ1v) is 10.1. The summed E-state index contributed by atoms with van der Waals surface area (Å²) in [7, 11) is 0. The topological polar surface area (TPSA) is 102 Å². The number of carboxylic acids is 1. The highest BCUT2D eigenvalue weighted by molar-refractivity contribution is 5.94. The Bertz CT molecular complexity index is 644. The smallest absolute Gasteiger partial charge is 0.303 e. The number of benzene rings is 1. The number of hydrogen-bond acceptors (Lipinski definition) is 4. The van der Waals surface area contributed by atoms with Crippen LogP contribution in [0.4, 0.5) is 0 Å². The lowest BCUT2D eigenvalue weighted by Crippen LogP contribution is -2.37. The summed E-state index contributed by atoms with van der Waals surface area (Å²) in [5, 5.41) is 11.9. The summed E-state index contributed by atoms with van der Waals surface area (Å²) < 4.78 is 5.93. The number of amides is 1. The maximum absolute atomic E-state index is 12.5. The summed E-state index contributed by atoms with van der Waals surface area (Å²) in [5.41, 5.74) is 6.66. The van der Waals surface area contributed by atoms with Gasteiger partial charge in [0.1, 0.15) is 11.9 Å². The second-order valence-electron chi connectivity index (χ2n) is 7.90. The van der Waals surface area contributed by atoms with Gasteiger partial charge in [0.2, 0.25) is 0 Å². The number of halogens is 1. The zero-order chi connectivity index (χ0) is 19.2. The number of carboxylic acid groups (broad SMARTS) is 1. The Kier molecular flexibility index (Phi) is 8.58. The molecule has 156 valence electrons. The normalized spacial score (nSPS) is 26.9. The fourth-order valence-corrected chi connectivity index (χ4v) is 4.15. The monoisotopic (exact) mass is 410 g/mol. The fraction of sp³-hybridized carbons (Fsp3) is 0.619. The number of rotatable bonds is 7. The molecule has 2 saturated carbocycles. The molecule has 3 rings (SSSR count). The van der Waals surface area contributed by atoms with Crippen molar-refractivity contribution in [1.82, 2.24) is 5.32 Å². The Morgan fingerprint density at radius 2 is 1.75 bits per heavy atom. The van der Waals surface area contributed by atoms with Gasteiger partial charge in [-0.25, -0.2) is 0 Å². The van der Waals surface area contributed by atoms with E-state index >= 15 is 0 Å². The lowest BCUT2D eigenvalue weighted by atomic mass is 9.83. The molecule has 0 aromatic heterocycles. The second-order valence-corrected chi connectivity index (χ2v) is 7.90. The number of nitrogens with two attached hydrogens (primary N) is 1. The molecule has 2 fully saturated rings. The quantitative estimate of drug-likeness (QED) is 0.638. The average molecular weight is 411 g/mol. The molecule has 1 aromatic rings. The number of nitrogens with one attached hydrogen (secondary N) is 1. The Hall–Kier alpha value is -1.79. The number of aliphatic carboxylic acids is 1. The molecule has 2 atom stereocenters. The van der Waals surface area contributed by atoms with E-state index in [4.69, 9.17) is 15.6 Å². The van der Waals surface area contributed by atoms with Crippen molar-refractivity contribution in [1.29, 1.82) is 0 Å². The van der Waals surface area contributed by atoms with E-state index in [1.165, 1.54) is 0 Å². The molecule has 2 aliphatic rings. The van der Waals surface area contributed by atoms with Crippen molar-refractivity contribution < 1.29 is 19.4 Å². The van der Waals surface area contributed by atoms with Crippen LogP contribution in [0.5, 0.6) is 5.75 Å². The minimum atomic E-state index is -0.729. The third kappa shape index (κ3) is 6.38. The molecule has 6 nitrogen and oxygen atoms in total. The van der Waals surface area contributed by atoms with Crippen LogP contribution < -0.4 is 15.8 Å². The Labute approximate surface area is 172 Å². The van der Waals surface area contributed by atoms with E-state index in [-0.39, 0.29) is 42.9 Å². The van der Waals surface area contributed by atoms with E-state index in [0.717, 1.165) is 57.1 Å². The second kappa shape index (κ2) is 10.7. The van der Waals surface area contributed by atoms with Crippen LogP contribution in [0.25, 0.3) is 0 Å². The third-order valence-corrected chi connectivity index (χ3v) is 5.86. The Morgan fingerprint density at radius 1 is 1.07 bits per heavy atom. The summed E-state index contributed by atoms with van der Waals surface area (Å²) >= 11 is 0. The van der Waals surface area contributed by atoms with Gasteiger partial charge in [-0.1, -0.05) is 0 Å². The first-order valence-electron chi connectivity index (χ1n) is 10.1. The van der Waals surface area contributed by atoms with E-state index in [1.54, 1.807) is 12.1 Å². The van der Waals surface area contributed by atoms with Crippen molar-refractivity contribution in [3.8, 4) is 5.75 Å². The van der Waals surface area contributed by atoms with E-state index in [1.807, 2.05) is 12.1 Å². The van der Waals surface area contributed by atoms with Gasteiger partial charge < -0.3 is 20.9 Å². The van der Waals surface area contributed by atoms with E-state index in [0.29, 0.717) is 11.5 Å². The standard InChI is InChI=1S/C21H30N2O4.ClH/c22-18-2-1-3-19(18)27-17-11-7-15(8-12-17)21(26)23-16-9-4-14(5-10-16)6-13-20(24)25;/h7-8,11-12,14,16,18-19H,1-6,9-10,13,22H2,(H,23,26)(H,24,25);1H/t14-,16-,18-,19-;/m1./s1. The van der Waals surface area contributed by atoms with Crippen LogP contribution in [0.3, 0.4) is 0 Å². The van der Waals surface area contributed by atoms with Gasteiger partial charge in [0.25, 0.3) is 5.91 Å². The van der Waals surface area contributed by atoms with E-state index in [2.05, 4.69) is 5.32 Å². The SMILES string of the molecule is Cl.N[C@@H]1CCC[C@H]1Oc1ccc(C(=O)N[C@H]2CC[C@H](CCC(=O)O)CC2)cc1. The molecule has 2 aliphatic carbocycles. The molecule has 0 saturated heterocycles. The van der Waals surface area contributed by atoms with Crippen molar-refractivity contribution in [2.45, 2.75) is 76.0 Å². The van der Waals surface area contributed by atoms with Crippen LogP contribution in [-0.2, 0) is 4.79 Å². The van der Waals surface area contributed by atoms with Crippen LogP contribution in [0, 0.1) is 5.92 Å². The predicted octanol–water partition coefficient (Wildman–Crippen LogP) is 3.52. The Morgan fingerprint density at radius 3 is 2.32 bits per heavy atom. The van der Waals surface area contributed by atoms with E-state index in [9.17, 15) is 9.59 Å². The third-order valence-electron chi connectivity index (χ3n) is 5.86. The molecule has 1 amide bonds. The van der Waals surface area contributed by atoms with Gasteiger partial charge in [0.05, 0.1) is 0 Å². The number of carbonyl (C=O) groups excluding carboxylic acids is 1. The van der Waals surface area contributed by atoms with Crippen molar-refractivity contribution in [3.63, 3.8) is 0 Å². The molecule has 4 N–H and O–H groups in total. The first-order chi connectivity index (χ1) is 13.0. The van der Waals surface area contributed by atoms with Gasteiger partial charge >= 0.3 is 5.97 Å². The van der Waals surface area contributed by atoms with Crippen molar-refractivity contribution in [2.24, 2.45) is 11.7 Å². The summed E-state index contributed by atoms with van der Waals surface area (Å²) in [4.78, 5) is 23.1. The van der Waals surface area contributed by atoms with Crippen LogP contribution in [0.1, 0.15) is 68.1 Å². The van der Waals surface area contributed by atoms with Gasteiger partial charge in [-0.3, -0.25) is 9.59 Å². The minimum Gasteiger partial charge on any atom is -0.489 e. The molecule has 0 spiro atoms. The lowest BCUT2D eigenvalue weighted by molar-refractivity contribution is -0.137. The molecule has 7 heteroatoms. The largest absolute Gasteiger partial charge is 0.489 e. The van der Waals surface area contributed by atoms with Gasteiger partial charge in [0, 0.05) is 24.1 Å². The molecule has 0 bridgehead atoms. The van der Waals surface area contributed by atoms with E-state index < -0.39 is 5.97 Å². The maximum atomic E-state index is 12.5. The van der Waals surface area contributed by atoms with Crippen molar-refractivity contribution >= 4 is 24.3 Å². The summed E-state index contributed by atoms with van der Waals surface area (Å²) in [6.07, 6.45) is 7.92. The number of carbonyl (C=O) groups is 2. The van der Waals surface area contributed by atoms with Crippen LogP contribution >= 0.6 is 12.4 Å².